The van der Waals surface area contributed by atoms with E-state index < -0.39 is 0 Å². The number of benzene rings is 1. The Hall–Kier alpha value is -1.42. The fourth-order valence-electron chi connectivity index (χ4n) is 2.01. The molecule has 1 N–H and O–H groups in total. The first-order chi connectivity index (χ1) is 8.99. The summed E-state index contributed by atoms with van der Waals surface area (Å²) in [5, 5.41) is 14.1. The summed E-state index contributed by atoms with van der Waals surface area (Å²) in [5.74, 6) is 0.754. The van der Waals surface area contributed by atoms with Gasteiger partial charge in [-0.1, -0.05) is 38.8 Å². The molecule has 0 saturated carbocycles. The number of hydrogen-bond donors (Lipinski definition) is 1. The molecule has 19 heavy (non-hydrogen) atoms. The van der Waals surface area contributed by atoms with Crippen LogP contribution >= 0.6 is 0 Å². The molecule has 0 aliphatic carbocycles. The van der Waals surface area contributed by atoms with Crippen molar-refractivity contribution in [3.63, 3.8) is 0 Å². The molecular weight excluding hydrogens is 240 g/mol. The summed E-state index contributed by atoms with van der Waals surface area (Å²) in [6.45, 7) is 7.32. The van der Waals surface area contributed by atoms with Crippen LogP contribution in [0.25, 0.3) is 0 Å². The summed E-state index contributed by atoms with van der Waals surface area (Å²) in [6.07, 6.45) is 3.62. The highest BCUT2D eigenvalue weighted by atomic mass is 16.6. The summed E-state index contributed by atoms with van der Waals surface area (Å²) >= 11 is 0. The van der Waals surface area contributed by atoms with E-state index in [9.17, 15) is 10.1 Å². The molecule has 0 amide bonds. The number of nitro benzene ring substituents is 1. The minimum Gasteiger partial charge on any atom is -0.310 e. The minimum absolute atomic E-state index is 0.159. The van der Waals surface area contributed by atoms with Gasteiger partial charge in [-0.25, -0.2) is 0 Å². The molecule has 0 aromatic heterocycles. The van der Waals surface area contributed by atoms with E-state index in [1.54, 1.807) is 12.1 Å². The number of nitro groups is 1. The smallest absolute Gasteiger partial charge is 0.269 e. The van der Waals surface area contributed by atoms with Crippen LogP contribution in [0.4, 0.5) is 5.69 Å². The summed E-state index contributed by atoms with van der Waals surface area (Å²) in [7, 11) is 0. The second-order valence-electron chi connectivity index (χ2n) is 5.53. The van der Waals surface area contributed by atoms with Gasteiger partial charge >= 0.3 is 0 Å². The van der Waals surface area contributed by atoms with Crippen LogP contribution in [0.1, 0.15) is 45.6 Å². The fraction of sp³-hybridized carbons (Fsp3) is 0.600. The average Bonchev–Trinajstić information content (AvgIpc) is 2.36. The molecule has 0 spiro atoms. The summed E-state index contributed by atoms with van der Waals surface area (Å²) in [5.41, 5.74) is 1.12. The molecule has 4 heteroatoms. The first-order valence-corrected chi connectivity index (χ1v) is 6.95. The number of nitrogens with zero attached hydrogens (tertiary/aromatic N) is 1. The highest BCUT2D eigenvalue weighted by Gasteiger charge is 2.07. The molecular formula is C15H24N2O2. The van der Waals surface area contributed by atoms with Gasteiger partial charge in [-0.3, -0.25) is 10.1 Å². The molecule has 1 rings (SSSR count). The Balaban J connectivity index is 2.35. The molecule has 0 bridgehead atoms. The standard InChI is InChI=1S/C15H24N2O2/c1-12(2)6-4-7-13(3)16-11-14-8-5-9-15(10-14)17(18)19/h5,8-10,12-13,16H,4,6-7,11H2,1-3H3. The van der Waals surface area contributed by atoms with E-state index in [2.05, 4.69) is 26.1 Å². The Labute approximate surface area is 115 Å². The van der Waals surface area contributed by atoms with Crippen molar-refractivity contribution in [1.82, 2.24) is 5.32 Å². The largest absolute Gasteiger partial charge is 0.310 e. The summed E-state index contributed by atoms with van der Waals surface area (Å²) < 4.78 is 0. The van der Waals surface area contributed by atoms with E-state index >= 15 is 0 Å². The van der Waals surface area contributed by atoms with Gasteiger partial charge in [0.25, 0.3) is 5.69 Å². The van der Waals surface area contributed by atoms with Gasteiger partial charge in [0.1, 0.15) is 0 Å². The molecule has 1 aromatic carbocycles. The van der Waals surface area contributed by atoms with Gasteiger partial charge < -0.3 is 5.32 Å². The fourth-order valence-corrected chi connectivity index (χ4v) is 2.01. The third-order valence-electron chi connectivity index (χ3n) is 3.19. The predicted octanol–water partition coefficient (Wildman–Crippen LogP) is 3.90. The van der Waals surface area contributed by atoms with Crippen molar-refractivity contribution in [2.75, 3.05) is 0 Å². The van der Waals surface area contributed by atoms with E-state index in [-0.39, 0.29) is 10.6 Å². The highest BCUT2D eigenvalue weighted by molar-refractivity contribution is 5.34. The monoisotopic (exact) mass is 264 g/mol. The van der Waals surface area contributed by atoms with Crippen molar-refractivity contribution >= 4 is 5.69 Å². The molecule has 0 heterocycles. The Bertz CT molecular complexity index is 405. The zero-order valence-electron chi connectivity index (χ0n) is 12.1. The van der Waals surface area contributed by atoms with E-state index in [0.717, 1.165) is 17.9 Å². The second kappa shape index (κ2) is 7.89. The van der Waals surface area contributed by atoms with Crippen molar-refractivity contribution in [3.8, 4) is 0 Å². The number of non-ortho nitro benzene ring substituents is 1. The maximum atomic E-state index is 10.7. The third kappa shape index (κ3) is 6.34. The Kier molecular flexibility index (Phi) is 6.50. The van der Waals surface area contributed by atoms with E-state index in [1.165, 1.54) is 18.9 Å². The van der Waals surface area contributed by atoms with Gasteiger partial charge in [-0.2, -0.15) is 0 Å². The van der Waals surface area contributed by atoms with Gasteiger partial charge in [-0.15, -0.1) is 0 Å². The molecule has 0 aliphatic heterocycles. The molecule has 0 radical (unpaired) electrons. The lowest BCUT2D eigenvalue weighted by Crippen LogP contribution is -2.25. The van der Waals surface area contributed by atoms with Crippen molar-refractivity contribution in [2.45, 2.75) is 52.6 Å². The summed E-state index contributed by atoms with van der Waals surface area (Å²) in [6, 6.07) is 7.25. The molecule has 0 saturated heterocycles. The SMILES string of the molecule is CC(C)CCCC(C)NCc1cccc([N+](=O)[O-])c1. The average molecular weight is 264 g/mol. The van der Waals surface area contributed by atoms with Crippen LogP contribution in [-0.2, 0) is 6.54 Å². The number of rotatable bonds is 8. The van der Waals surface area contributed by atoms with Crippen molar-refractivity contribution < 1.29 is 4.92 Å². The van der Waals surface area contributed by atoms with Crippen LogP contribution in [0, 0.1) is 16.0 Å². The predicted molar refractivity (Wildman–Crippen MR) is 78.1 cm³/mol. The number of hydrogen-bond acceptors (Lipinski definition) is 3. The normalized spacial score (nSPS) is 12.6. The van der Waals surface area contributed by atoms with E-state index in [1.807, 2.05) is 6.07 Å². The van der Waals surface area contributed by atoms with Gasteiger partial charge in [0, 0.05) is 24.7 Å². The maximum absolute atomic E-state index is 10.7. The zero-order chi connectivity index (χ0) is 14.3. The van der Waals surface area contributed by atoms with Crippen LogP contribution in [-0.4, -0.2) is 11.0 Å². The quantitative estimate of drug-likeness (QED) is 0.572. The van der Waals surface area contributed by atoms with E-state index in [4.69, 9.17) is 0 Å². The third-order valence-corrected chi connectivity index (χ3v) is 3.19. The Morgan fingerprint density at radius 1 is 1.26 bits per heavy atom. The minimum atomic E-state index is -0.352. The second-order valence-corrected chi connectivity index (χ2v) is 5.53. The molecule has 0 aliphatic rings. The van der Waals surface area contributed by atoms with E-state index in [0.29, 0.717) is 12.6 Å². The molecule has 4 nitrogen and oxygen atoms in total. The first kappa shape index (κ1) is 15.6. The van der Waals surface area contributed by atoms with Crippen molar-refractivity contribution in [2.24, 2.45) is 5.92 Å². The van der Waals surface area contributed by atoms with Crippen LogP contribution in [0.15, 0.2) is 24.3 Å². The molecule has 1 unspecified atom stereocenters. The van der Waals surface area contributed by atoms with Gasteiger partial charge in [0.05, 0.1) is 4.92 Å². The molecule has 0 fully saturated rings. The topological polar surface area (TPSA) is 55.2 Å². The van der Waals surface area contributed by atoms with Gasteiger partial charge in [-0.05, 0) is 24.8 Å². The van der Waals surface area contributed by atoms with Gasteiger partial charge in [0.2, 0.25) is 0 Å². The Morgan fingerprint density at radius 3 is 2.63 bits per heavy atom. The first-order valence-electron chi connectivity index (χ1n) is 6.95. The summed E-state index contributed by atoms with van der Waals surface area (Å²) in [4.78, 5) is 10.3. The van der Waals surface area contributed by atoms with Crippen LogP contribution in [0.3, 0.4) is 0 Å². The van der Waals surface area contributed by atoms with Crippen molar-refractivity contribution in [1.29, 1.82) is 0 Å². The lowest BCUT2D eigenvalue weighted by molar-refractivity contribution is -0.384. The van der Waals surface area contributed by atoms with Gasteiger partial charge in [0.15, 0.2) is 0 Å². The zero-order valence-corrected chi connectivity index (χ0v) is 12.1. The molecule has 1 atom stereocenters. The van der Waals surface area contributed by atoms with Crippen LogP contribution in [0.5, 0.6) is 0 Å². The van der Waals surface area contributed by atoms with Crippen molar-refractivity contribution in [3.05, 3.63) is 39.9 Å². The lowest BCUT2D eigenvalue weighted by atomic mass is 10.0. The highest BCUT2D eigenvalue weighted by Crippen LogP contribution is 2.13. The molecule has 106 valence electrons. The molecule has 1 aromatic rings. The lowest BCUT2D eigenvalue weighted by Gasteiger charge is -2.14. The van der Waals surface area contributed by atoms with Crippen LogP contribution in [0.2, 0.25) is 0 Å². The maximum Gasteiger partial charge on any atom is 0.269 e. The van der Waals surface area contributed by atoms with Crippen LogP contribution < -0.4 is 5.32 Å². The number of nitrogens with one attached hydrogen (secondary N) is 1. The Morgan fingerprint density at radius 2 is 2.00 bits per heavy atom.